The summed E-state index contributed by atoms with van der Waals surface area (Å²) >= 11 is 6.22. The topological polar surface area (TPSA) is 43.6 Å². The van der Waals surface area contributed by atoms with Gasteiger partial charge in [0.05, 0.1) is 11.2 Å². The number of fused-ring (bicyclic) bond motifs is 1. The molecule has 3 aromatic heterocycles. The Morgan fingerprint density at radius 1 is 1.18 bits per heavy atom. The summed E-state index contributed by atoms with van der Waals surface area (Å²) in [6.07, 6.45) is 8.54. The van der Waals surface area contributed by atoms with Crippen molar-refractivity contribution >= 4 is 22.6 Å². The van der Waals surface area contributed by atoms with E-state index < -0.39 is 0 Å². The summed E-state index contributed by atoms with van der Waals surface area (Å²) in [5, 5.41) is 1.64. The van der Waals surface area contributed by atoms with Crippen molar-refractivity contribution in [3.63, 3.8) is 0 Å². The Labute approximate surface area is 103 Å². The smallest absolute Gasteiger partial charge is 0.156 e. The number of pyridine rings is 1. The van der Waals surface area contributed by atoms with Crippen molar-refractivity contribution in [2.45, 2.75) is 6.92 Å². The molecular weight excluding hydrogens is 236 g/mol. The van der Waals surface area contributed by atoms with Crippen LogP contribution in [-0.2, 0) is 0 Å². The van der Waals surface area contributed by atoms with Gasteiger partial charge in [-0.3, -0.25) is 9.55 Å². The van der Waals surface area contributed by atoms with Gasteiger partial charge in [-0.25, -0.2) is 9.97 Å². The maximum Gasteiger partial charge on any atom is 0.156 e. The van der Waals surface area contributed by atoms with Crippen LogP contribution >= 0.6 is 11.6 Å². The fraction of sp³-hybridized carbons (Fsp3) is 0.0833. The molecule has 0 N–H and O–H groups in total. The summed E-state index contributed by atoms with van der Waals surface area (Å²) in [5.74, 6) is 0.711. The van der Waals surface area contributed by atoms with Crippen molar-refractivity contribution in [2.75, 3.05) is 0 Å². The van der Waals surface area contributed by atoms with Gasteiger partial charge in [-0.2, -0.15) is 0 Å². The standard InChI is InChI=1S/C12H9ClN4/c1-8-2-3-16-12-11(8)9(13)7-17(12)10-6-14-4-5-15-10/h2-7H,1H3. The molecule has 4 nitrogen and oxygen atoms in total. The Hall–Kier alpha value is -1.94. The van der Waals surface area contributed by atoms with Crippen LogP contribution in [0.2, 0.25) is 5.02 Å². The lowest BCUT2D eigenvalue weighted by atomic mass is 10.2. The molecule has 0 spiro atoms. The Bertz CT molecular complexity index is 676. The molecular formula is C12H9ClN4. The van der Waals surface area contributed by atoms with E-state index in [-0.39, 0.29) is 0 Å². The monoisotopic (exact) mass is 244 g/mol. The van der Waals surface area contributed by atoms with E-state index in [1.165, 1.54) is 0 Å². The van der Waals surface area contributed by atoms with E-state index in [4.69, 9.17) is 11.6 Å². The average molecular weight is 245 g/mol. The van der Waals surface area contributed by atoms with Gasteiger partial charge in [-0.05, 0) is 18.6 Å². The number of hydrogen-bond donors (Lipinski definition) is 0. The highest BCUT2D eigenvalue weighted by Crippen LogP contribution is 2.28. The predicted molar refractivity (Wildman–Crippen MR) is 66.4 cm³/mol. The quantitative estimate of drug-likeness (QED) is 0.661. The molecule has 0 bridgehead atoms. The molecule has 0 aliphatic rings. The van der Waals surface area contributed by atoms with Crippen molar-refractivity contribution in [1.82, 2.24) is 19.5 Å². The lowest BCUT2D eigenvalue weighted by Crippen LogP contribution is -1.97. The molecule has 84 valence electrons. The third kappa shape index (κ3) is 1.57. The third-order valence-electron chi connectivity index (χ3n) is 2.65. The molecule has 17 heavy (non-hydrogen) atoms. The van der Waals surface area contributed by atoms with Crippen LogP contribution in [0.3, 0.4) is 0 Å². The van der Waals surface area contributed by atoms with E-state index in [9.17, 15) is 0 Å². The van der Waals surface area contributed by atoms with E-state index in [1.807, 2.05) is 23.8 Å². The van der Waals surface area contributed by atoms with Crippen LogP contribution in [0.1, 0.15) is 5.56 Å². The highest BCUT2D eigenvalue weighted by molar-refractivity contribution is 6.35. The predicted octanol–water partition coefficient (Wildman–Crippen LogP) is 2.78. The van der Waals surface area contributed by atoms with Crippen LogP contribution in [0, 0.1) is 6.92 Å². The van der Waals surface area contributed by atoms with Crippen molar-refractivity contribution in [3.8, 4) is 5.82 Å². The summed E-state index contributed by atoms with van der Waals surface area (Å²) in [7, 11) is 0. The fourth-order valence-corrected chi connectivity index (χ4v) is 2.18. The molecule has 3 rings (SSSR count). The van der Waals surface area contributed by atoms with E-state index in [0.717, 1.165) is 16.6 Å². The van der Waals surface area contributed by atoms with Gasteiger partial charge in [0.2, 0.25) is 0 Å². The molecule has 0 saturated carbocycles. The Morgan fingerprint density at radius 3 is 2.82 bits per heavy atom. The molecule has 0 fully saturated rings. The lowest BCUT2D eigenvalue weighted by molar-refractivity contribution is 0.996. The second-order valence-electron chi connectivity index (χ2n) is 3.74. The number of rotatable bonds is 1. The Balaban J connectivity index is 2.36. The van der Waals surface area contributed by atoms with Crippen LogP contribution in [0.25, 0.3) is 16.9 Å². The molecule has 0 aliphatic heterocycles. The first-order valence-electron chi connectivity index (χ1n) is 5.16. The van der Waals surface area contributed by atoms with Gasteiger partial charge < -0.3 is 0 Å². The van der Waals surface area contributed by atoms with Gasteiger partial charge in [-0.1, -0.05) is 11.6 Å². The number of hydrogen-bond acceptors (Lipinski definition) is 3. The molecule has 0 aromatic carbocycles. The Kier molecular flexibility index (Phi) is 2.30. The maximum atomic E-state index is 6.22. The number of aromatic nitrogens is 4. The minimum absolute atomic E-state index is 0.677. The zero-order valence-electron chi connectivity index (χ0n) is 9.13. The SMILES string of the molecule is Cc1ccnc2c1c(Cl)cn2-c1cnccn1. The van der Waals surface area contributed by atoms with Gasteiger partial charge >= 0.3 is 0 Å². The molecule has 0 amide bonds. The maximum absolute atomic E-state index is 6.22. The highest BCUT2D eigenvalue weighted by Gasteiger charge is 2.11. The van der Waals surface area contributed by atoms with Crippen molar-refractivity contribution in [1.29, 1.82) is 0 Å². The fourth-order valence-electron chi connectivity index (χ4n) is 1.85. The first-order valence-corrected chi connectivity index (χ1v) is 5.54. The summed E-state index contributed by atoms with van der Waals surface area (Å²) in [5.41, 5.74) is 1.90. The minimum Gasteiger partial charge on any atom is -0.283 e. The molecule has 0 unspecified atom stereocenters. The largest absolute Gasteiger partial charge is 0.283 e. The van der Waals surface area contributed by atoms with Crippen molar-refractivity contribution < 1.29 is 0 Å². The number of halogens is 1. The Morgan fingerprint density at radius 2 is 2.06 bits per heavy atom. The molecule has 3 heterocycles. The summed E-state index contributed by atoms with van der Waals surface area (Å²) < 4.78 is 1.84. The normalized spacial score (nSPS) is 10.9. The molecule has 0 saturated heterocycles. The third-order valence-corrected chi connectivity index (χ3v) is 2.93. The first-order chi connectivity index (χ1) is 8.27. The summed E-state index contributed by atoms with van der Waals surface area (Å²) in [6, 6.07) is 1.94. The van der Waals surface area contributed by atoms with Gasteiger partial charge in [0, 0.05) is 30.2 Å². The van der Waals surface area contributed by atoms with Crippen LogP contribution in [0.15, 0.2) is 37.1 Å². The number of nitrogens with zero attached hydrogens (tertiary/aromatic N) is 4. The summed E-state index contributed by atoms with van der Waals surface area (Å²) in [6.45, 7) is 2.01. The van der Waals surface area contributed by atoms with E-state index >= 15 is 0 Å². The van der Waals surface area contributed by atoms with Crippen molar-refractivity contribution in [2.24, 2.45) is 0 Å². The molecule has 0 atom stereocenters. The van der Waals surface area contributed by atoms with Gasteiger partial charge in [0.15, 0.2) is 5.82 Å². The zero-order valence-corrected chi connectivity index (χ0v) is 9.89. The van der Waals surface area contributed by atoms with Crippen LogP contribution in [0.5, 0.6) is 0 Å². The zero-order chi connectivity index (χ0) is 11.8. The lowest BCUT2D eigenvalue weighted by Gasteiger charge is -2.02. The van der Waals surface area contributed by atoms with E-state index in [0.29, 0.717) is 10.8 Å². The molecule has 3 aromatic rings. The van der Waals surface area contributed by atoms with Gasteiger partial charge in [0.25, 0.3) is 0 Å². The van der Waals surface area contributed by atoms with Gasteiger partial charge in [-0.15, -0.1) is 0 Å². The molecule has 5 heteroatoms. The summed E-state index contributed by atoms with van der Waals surface area (Å²) in [4.78, 5) is 12.6. The van der Waals surface area contributed by atoms with Gasteiger partial charge in [0.1, 0.15) is 5.65 Å². The second-order valence-corrected chi connectivity index (χ2v) is 4.14. The minimum atomic E-state index is 0.677. The van der Waals surface area contributed by atoms with E-state index in [2.05, 4.69) is 15.0 Å². The van der Waals surface area contributed by atoms with Crippen LogP contribution in [-0.4, -0.2) is 19.5 Å². The molecule has 0 radical (unpaired) electrons. The number of aryl methyl sites for hydroxylation is 1. The second kappa shape index (κ2) is 3.82. The van der Waals surface area contributed by atoms with Crippen LogP contribution in [0.4, 0.5) is 0 Å². The van der Waals surface area contributed by atoms with Crippen molar-refractivity contribution in [3.05, 3.63) is 47.6 Å². The average Bonchev–Trinajstić information content (AvgIpc) is 2.69. The van der Waals surface area contributed by atoms with Crippen LogP contribution < -0.4 is 0 Å². The van der Waals surface area contributed by atoms with E-state index in [1.54, 1.807) is 24.8 Å². The molecule has 0 aliphatic carbocycles. The first kappa shape index (κ1) is 10.2. The highest BCUT2D eigenvalue weighted by atomic mass is 35.5.